The Morgan fingerprint density at radius 1 is 1.00 bits per heavy atom. The van der Waals surface area contributed by atoms with Gasteiger partial charge in [0.1, 0.15) is 0 Å². The first-order chi connectivity index (χ1) is 19.6. The molecule has 0 saturated heterocycles. The highest BCUT2D eigenvalue weighted by Gasteiger charge is 2.68. The van der Waals surface area contributed by atoms with Gasteiger partial charge in [-0.25, -0.2) is 0 Å². The lowest BCUT2D eigenvalue weighted by Crippen LogP contribution is -2.63. The Hall–Kier alpha value is -2.69. The number of hydrogen-bond donors (Lipinski definition) is 1. The predicted octanol–water partition coefficient (Wildman–Crippen LogP) is 8.32. The van der Waals surface area contributed by atoms with Crippen molar-refractivity contribution in [3.05, 3.63) is 54.1 Å². The molecule has 228 valence electrons. The molecule has 5 rings (SSSR count). The molecular weight excluding hydrogens is 522 g/mol. The topological polar surface area (TPSA) is 72.5 Å². The van der Waals surface area contributed by atoms with Crippen molar-refractivity contribution in [2.75, 3.05) is 12.4 Å². The summed E-state index contributed by atoms with van der Waals surface area (Å²) in [5.41, 5.74) is 1.99. The summed E-state index contributed by atoms with van der Waals surface area (Å²) >= 11 is 0. The third-order valence-electron chi connectivity index (χ3n) is 13.1. The number of methoxy groups -OCH3 is 1. The highest BCUT2D eigenvalue weighted by Crippen LogP contribution is 2.73. The number of carbonyl (C=O) groups excluding carboxylic acids is 3. The van der Waals surface area contributed by atoms with Crippen molar-refractivity contribution >= 4 is 23.3 Å². The lowest BCUT2D eigenvalue weighted by Gasteiger charge is -2.68. The van der Waals surface area contributed by atoms with Gasteiger partial charge in [-0.3, -0.25) is 14.4 Å². The number of hydrogen-bond acceptors (Lipinski definition) is 4. The quantitative estimate of drug-likeness (QED) is 0.274. The molecule has 0 aliphatic heterocycles. The van der Waals surface area contributed by atoms with Crippen LogP contribution in [0.5, 0.6) is 0 Å². The molecule has 0 radical (unpaired) electrons. The second-order valence-electron chi connectivity index (χ2n) is 15.5. The van der Waals surface area contributed by atoms with Gasteiger partial charge < -0.3 is 10.1 Å². The van der Waals surface area contributed by atoms with Crippen molar-refractivity contribution in [1.82, 2.24) is 0 Å². The fourth-order valence-corrected chi connectivity index (χ4v) is 10.2. The maximum Gasteiger partial charge on any atom is 0.305 e. The molecule has 0 aromatic heterocycles. The van der Waals surface area contributed by atoms with Crippen molar-refractivity contribution in [2.45, 2.75) is 99.3 Å². The van der Waals surface area contributed by atoms with Gasteiger partial charge in [0.25, 0.3) is 0 Å². The van der Waals surface area contributed by atoms with E-state index in [9.17, 15) is 14.4 Å². The Balaban J connectivity index is 1.54. The second kappa shape index (κ2) is 10.5. The van der Waals surface area contributed by atoms with Crippen LogP contribution in [0.2, 0.25) is 0 Å². The number of ketones is 1. The zero-order valence-electron chi connectivity index (χ0n) is 26.9. The minimum Gasteiger partial charge on any atom is -0.469 e. The van der Waals surface area contributed by atoms with E-state index in [1.807, 2.05) is 36.4 Å². The number of rotatable bonds is 6. The zero-order chi connectivity index (χ0) is 30.7. The molecule has 4 aliphatic carbocycles. The molecule has 1 aromatic rings. The van der Waals surface area contributed by atoms with E-state index in [1.54, 1.807) is 0 Å². The summed E-state index contributed by atoms with van der Waals surface area (Å²) in [5.74, 6) is 0.216. The highest BCUT2D eigenvalue weighted by molar-refractivity contribution is 5.97. The maximum absolute atomic E-state index is 14.5. The average Bonchev–Trinajstić information content (AvgIpc) is 2.94. The van der Waals surface area contributed by atoms with E-state index in [0.717, 1.165) is 56.2 Å². The van der Waals surface area contributed by atoms with Crippen molar-refractivity contribution in [3.8, 4) is 0 Å². The first-order valence-corrected chi connectivity index (χ1v) is 16.0. The van der Waals surface area contributed by atoms with E-state index >= 15 is 0 Å². The fraction of sp³-hybridized carbons (Fsp3) is 0.649. The first-order valence-electron chi connectivity index (χ1n) is 16.0. The lowest BCUT2D eigenvalue weighted by atomic mass is 9.35. The SMILES string of the molecule is C=C(C)[C@@H]1CC[C@]2(C)[C@H](C(=O)C=C3[C@@H]4C[C@@](C)(C(=O)Nc5ccccc5)CC[C@]4(C)CC[C@]32C)[C@@]1(C)CCC(=O)OC. The molecular formula is C37H51NO4. The van der Waals surface area contributed by atoms with Crippen molar-refractivity contribution in [3.63, 3.8) is 0 Å². The van der Waals surface area contributed by atoms with Crippen LogP contribution in [0.25, 0.3) is 0 Å². The van der Waals surface area contributed by atoms with Crippen molar-refractivity contribution < 1.29 is 19.1 Å². The molecule has 0 bridgehead atoms. The predicted molar refractivity (Wildman–Crippen MR) is 168 cm³/mol. The van der Waals surface area contributed by atoms with Gasteiger partial charge in [0.05, 0.1) is 7.11 Å². The molecule has 0 unspecified atom stereocenters. The number of allylic oxidation sites excluding steroid dienone is 3. The van der Waals surface area contributed by atoms with Gasteiger partial charge in [-0.05, 0) is 110 Å². The van der Waals surface area contributed by atoms with Gasteiger partial charge in [-0.15, -0.1) is 0 Å². The number of benzene rings is 1. The number of nitrogens with one attached hydrogen (secondary N) is 1. The van der Waals surface area contributed by atoms with Crippen molar-refractivity contribution in [2.24, 2.45) is 44.8 Å². The Bertz CT molecular complexity index is 1320. The molecule has 5 heteroatoms. The second-order valence-corrected chi connectivity index (χ2v) is 15.5. The summed E-state index contributed by atoms with van der Waals surface area (Å²) in [4.78, 5) is 40.6. The van der Waals surface area contributed by atoms with Gasteiger partial charge in [-0.2, -0.15) is 0 Å². The molecule has 0 spiro atoms. The van der Waals surface area contributed by atoms with Crippen LogP contribution < -0.4 is 5.32 Å². The molecule has 5 nitrogen and oxygen atoms in total. The molecule has 8 atom stereocenters. The molecule has 42 heavy (non-hydrogen) atoms. The van der Waals surface area contributed by atoms with E-state index in [4.69, 9.17) is 4.74 Å². The van der Waals surface area contributed by atoms with Gasteiger partial charge in [0.15, 0.2) is 5.78 Å². The largest absolute Gasteiger partial charge is 0.469 e. The summed E-state index contributed by atoms with van der Waals surface area (Å²) in [6, 6.07) is 9.72. The smallest absolute Gasteiger partial charge is 0.305 e. The van der Waals surface area contributed by atoms with Gasteiger partial charge in [-0.1, -0.05) is 70.5 Å². The van der Waals surface area contributed by atoms with Crippen molar-refractivity contribution in [1.29, 1.82) is 0 Å². The van der Waals surface area contributed by atoms with Crippen LogP contribution in [0.1, 0.15) is 99.3 Å². The van der Waals surface area contributed by atoms with Crippen LogP contribution in [0.3, 0.4) is 0 Å². The van der Waals surface area contributed by atoms with Crippen LogP contribution in [0.15, 0.2) is 54.1 Å². The highest BCUT2D eigenvalue weighted by atomic mass is 16.5. The average molecular weight is 574 g/mol. The summed E-state index contributed by atoms with van der Waals surface area (Å²) in [6.45, 7) is 17.9. The first kappa shape index (κ1) is 30.8. The number of anilines is 1. The standard InChI is InChI=1S/C37H51NO4/c1-24(2)26-14-17-37(7)31(35(26,5)16-15-30(40)42-8)29(39)22-27-28-23-34(4,32(41)38-25-12-10-9-11-13-25)19-18-33(28,3)20-21-36(27,37)6/h9-13,22,26,28,31H,1,14-21,23H2,2-8H3,(H,38,41)/t26-,28-,31+,33+,34-,35-,36+,37+/m0/s1. The van der Waals surface area contributed by atoms with E-state index < -0.39 is 5.41 Å². The van der Waals surface area contributed by atoms with Crippen LogP contribution in [-0.4, -0.2) is 24.8 Å². The normalized spacial score (nSPS) is 41.0. The molecule has 3 fully saturated rings. The Kier molecular flexibility index (Phi) is 7.68. The van der Waals surface area contributed by atoms with Crippen LogP contribution in [0, 0.1) is 44.8 Å². The minimum atomic E-state index is -0.507. The number of amides is 1. The maximum atomic E-state index is 14.5. The lowest BCUT2D eigenvalue weighted by molar-refractivity contribution is -0.165. The number of ether oxygens (including phenoxy) is 1. The van der Waals surface area contributed by atoms with Gasteiger partial charge >= 0.3 is 5.97 Å². The van der Waals surface area contributed by atoms with Gasteiger partial charge in [0, 0.05) is 23.4 Å². The Morgan fingerprint density at radius 3 is 2.31 bits per heavy atom. The molecule has 1 amide bonds. The fourth-order valence-electron chi connectivity index (χ4n) is 10.2. The summed E-state index contributed by atoms with van der Waals surface area (Å²) < 4.78 is 5.03. The molecule has 4 aliphatic rings. The Labute approximate surface area is 252 Å². The van der Waals surface area contributed by atoms with E-state index in [0.29, 0.717) is 12.8 Å². The molecule has 0 heterocycles. The van der Waals surface area contributed by atoms with Crippen LogP contribution in [-0.2, 0) is 19.1 Å². The number of para-hydroxylation sites is 1. The molecule has 1 N–H and O–H groups in total. The third-order valence-corrected chi connectivity index (χ3v) is 13.1. The van der Waals surface area contributed by atoms with Crippen LogP contribution >= 0.6 is 0 Å². The van der Waals surface area contributed by atoms with E-state index in [2.05, 4.69) is 53.4 Å². The number of carbonyl (C=O) groups is 3. The van der Waals surface area contributed by atoms with Crippen LogP contribution in [0.4, 0.5) is 5.69 Å². The molecule has 3 saturated carbocycles. The number of esters is 1. The number of fused-ring (bicyclic) bond motifs is 5. The summed E-state index contributed by atoms with van der Waals surface area (Å²) in [7, 11) is 1.44. The minimum absolute atomic E-state index is 0.0739. The monoisotopic (exact) mass is 573 g/mol. The van der Waals surface area contributed by atoms with E-state index in [1.165, 1.54) is 12.7 Å². The summed E-state index contributed by atoms with van der Waals surface area (Å²) in [5, 5.41) is 3.19. The van der Waals surface area contributed by atoms with E-state index in [-0.39, 0.29) is 57.1 Å². The zero-order valence-corrected chi connectivity index (χ0v) is 26.9. The Morgan fingerprint density at radius 2 is 1.67 bits per heavy atom. The summed E-state index contributed by atoms with van der Waals surface area (Å²) in [6.07, 6.45) is 9.59. The van der Waals surface area contributed by atoms with Gasteiger partial charge in [0.2, 0.25) is 5.91 Å². The molecule has 1 aromatic carbocycles. The third kappa shape index (κ3) is 4.61.